The first-order chi connectivity index (χ1) is 14.0. The van der Waals surface area contributed by atoms with Crippen molar-refractivity contribution in [3.05, 3.63) is 79.6 Å². The molecule has 0 radical (unpaired) electrons. The normalized spacial score (nSPS) is 14.8. The number of nitrogens with zero attached hydrogens (tertiary/aromatic N) is 5. The minimum atomic E-state index is -0.464. The summed E-state index contributed by atoms with van der Waals surface area (Å²) < 4.78 is 1.63. The molecule has 0 aliphatic carbocycles. The molecule has 0 fully saturated rings. The highest BCUT2D eigenvalue weighted by Crippen LogP contribution is 2.42. The Hall–Kier alpha value is -3.23. The van der Waals surface area contributed by atoms with Gasteiger partial charge < -0.3 is 5.32 Å². The number of nitrogens with one attached hydrogen (secondary N) is 2. The molecular weight excluding hydrogens is 413 g/mol. The zero-order valence-electron chi connectivity index (χ0n) is 15.0. The number of benzene rings is 2. The first-order valence-electron chi connectivity index (χ1n) is 8.72. The van der Waals surface area contributed by atoms with Gasteiger partial charge in [-0.1, -0.05) is 58.1 Å². The molecule has 2 aromatic heterocycles. The second-order valence-corrected chi connectivity index (χ2v) is 7.54. The largest absolute Gasteiger partial charge is 0.318 e. The summed E-state index contributed by atoms with van der Waals surface area (Å²) in [6, 6.07) is 12.6. The Labute approximate surface area is 174 Å². The molecule has 1 aliphatic rings. The lowest BCUT2D eigenvalue weighted by atomic mass is 9.92. The Balaban J connectivity index is 1.83. The fraction of sp³-hybridized carbons (Fsp3) is 0.105. The quantitative estimate of drug-likeness (QED) is 0.446. The smallest absolute Gasteiger partial charge is 0.288 e. The van der Waals surface area contributed by atoms with E-state index in [0.717, 1.165) is 11.1 Å². The van der Waals surface area contributed by atoms with Gasteiger partial charge in [-0.3, -0.25) is 4.79 Å². The van der Waals surface area contributed by atoms with Crippen LogP contribution in [0, 0.1) is 6.92 Å². The van der Waals surface area contributed by atoms with Gasteiger partial charge in [0.05, 0.1) is 5.02 Å². The standard InChI is InChI=1S/C19H13Cl2N7O/c1-9-2-4-10(5-3-9)17-14-15(12-7-6-11(20)8-13(12)21)23-24-18(29)16(14)22-19-25-26-27-28(17)19/h2-8,17H,1H3,(H,24,29)(H,22,25,27)/t17-/m0/s1. The summed E-state index contributed by atoms with van der Waals surface area (Å²) in [5.74, 6) is 0.368. The van der Waals surface area contributed by atoms with Crippen LogP contribution in [0.15, 0.2) is 47.3 Å². The van der Waals surface area contributed by atoms with Gasteiger partial charge in [-0.05, 0) is 41.1 Å². The van der Waals surface area contributed by atoms with Gasteiger partial charge >= 0.3 is 0 Å². The molecule has 0 spiro atoms. The van der Waals surface area contributed by atoms with Gasteiger partial charge in [-0.15, -0.1) is 0 Å². The molecule has 2 N–H and O–H groups in total. The van der Waals surface area contributed by atoms with Gasteiger partial charge in [-0.2, -0.15) is 9.78 Å². The van der Waals surface area contributed by atoms with Crippen LogP contribution in [0.2, 0.25) is 10.0 Å². The number of aromatic nitrogens is 6. The van der Waals surface area contributed by atoms with Gasteiger partial charge in [0.15, 0.2) is 0 Å². The molecule has 0 saturated carbocycles. The number of rotatable bonds is 2. The highest BCUT2D eigenvalue weighted by molar-refractivity contribution is 6.36. The monoisotopic (exact) mass is 425 g/mol. The summed E-state index contributed by atoms with van der Waals surface area (Å²) in [5.41, 5.74) is 3.76. The number of hydrogen-bond acceptors (Lipinski definition) is 6. The van der Waals surface area contributed by atoms with E-state index in [1.807, 2.05) is 31.2 Å². The molecule has 0 bridgehead atoms. The number of tetrazole rings is 1. The molecule has 0 amide bonds. The zero-order chi connectivity index (χ0) is 20.1. The minimum absolute atomic E-state index is 0.328. The molecule has 5 rings (SSSR count). The summed E-state index contributed by atoms with van der Waals surface area (Å²) in [7, 11) is 0. The number of halogens is 2. The molecule has 1 atom stereocenters. The van der Waals surface area contributed by atoms with Gasteiger partial charge in [0, 0.05) is 16.1 Å². The van der Waals surface area contributed by atoms with E-state index >= 15 is 0 Å². The van der Waals surface area contributed by atoms with Crippen LogP contribution in [0.5, 0.6) is 0 Å². The average molecular weight is 426 g/mol. The highest BCUT2D eigenvalue weighted by Gasteiger charge is 2.34. The van der Waals surface area contributed by atoms with Crippen molar-refractivity contribution >= 4 is 34.8 Å². The zero-order valence-corrected chi connectivity index (χ0v) is 16.5. The van der Waals surface area contributed by atoms with Crippen LogP contribution in [-0.4, -0.2) is 30.4 Å². The van der Waals surface area contributed by atoms with Crippen molar-refractivity contribution in [2.45, 2.75) is 13.0 Å². The molecule has 0 unspecified atom stereocenters. The predicted octanol–water partition coefficient (Wildman–Crippen LogP) is 3.73. The van der Waals surface area contributed by atoms with Gasteiger partial charge in [0.2, 0.25) is 5.95 Å². The van der Waals surface area contributed by atoms with Crippen LogP contribution in [0.3, 0.4) is 0 Å². The fourth-order valence-corrected chi connectivity index (χ4v) is 3.98. The predicted molar refractivity (Wildman–Crippen MR) is 110 cm³/mol. The van der Waals surface area contributed by atoms with E-state index in [-0.39, 0.29) is 5.56 Å². The molecule has 29 heavy (non-hydrogen) atoms. The van der Waals surface area contributed by atoms with Gasteiger partial charge in [-0.25, -0.2) is 5.10 Å². The van der Waals surface area contributed by atoms with Crippen LogP contribution in [0.1, 0.15) is 22.7 Å². The number of aromatic amines is 1. The Kier molecular flexibility index (Phi) is 4.11. The second-order valence-electron chi connectivity index (χ2n) is 6.70. The third-order valence-corrected chi connectivity index (χ3v) is 5.40. The Morgan fingerprint density at radius 1 is 1.10 bits per heavy atom. The summed E-state index contributed by atoms with van der Waals surface area (Å²) >= 11 is 12.5. The maximum atomic E-state index is 12.6. The van der Waals surface area contributed by atoms with E-state index < -0.39 is 6.04 Å². The highest BCUT2D eigenvalue weighted by atomic mass is 35.5. The Morgan fingerprint density at radius 3 is 2.66 bits per heavy atom. The van der Waals surface area contributed by atoms with Crippen molar-refractivity contribution in [3.63, 3.8) is 0 Å². The minimum Gasteiger partial charge on any atom is -0.318 e. The Morgan fingerprint density at radius 2 is 1.90 bits per heavy atom. The topological polar surface area (TPSA) is 101 Å². The van der Waals surface area contributed by atoms with E-state index in [0.29, 0.717) is 38.5 Å². The Bertz CT molecular complexity index is 1300. The molecule has 1 aliphatic heterocycles. The first kappa shape index (κ1) is 17.8. The molecule has 3 heterocycles. The van der Waals surface area contributed by atoms with Gasteiger partial charge in [0.25, 0.3) is 5.56 Å². The van der Waals surface area contributed by atoms with Crippen molar-refractivity contribution in [1.29, 1.82) is 0 Å². The molecule has 2 aromatic carbocycles. The fourth-order valence-electron chi connectivity index (χ4n) is 3.48. The van der Waals surface area contributed by atoms with E-state index in [2.05, 4.69) is 31.0 Å². The lowest BCUT2D eigenvalue weighted by Gasteiger charge is -2.28. The molecule has 8 nitrogen and oxygen atoms in total. The van der Waals surface area contributed by atoms with Crippen LogP contribution < -0.4 is 10.9 Å². The van der Waals surface area contributed by atoms with E-state index in [1.165, 1.54) is 0 Å². The van der Waals surface area contributed by atoms with E-state index in [9.17, 15) is 4.79 Å². The van der Waals surface area contributed by atoms with Crippen molar-refractivity contribution < 1.29 is 0 Å². The van der Waals surface area contributed by atoms with Crippen LogP contribution in [0.4, 0.5) is 11.6 Å². The van der Waals surface area contributed by atoms with Crippen molar-refractivity contribution in [1.82, 2.24) is 30.4 Å². The van der Waals surface area contributed by atoms with Crippen LogP contribution in [0.25, 0.3) is 11.3 Å². The van der Waals surface area contributed by atoms with Crippen LogP contribution >= 0.6 is 23.2 Å². The summed E-state index contributed by atoms with van der Waals surface area (Å²) in [6.07, 6.45) is 0. The maximum Gasteiger partial charge on any atom is 0.288 e. The summed E-state index contributed by atoms with van der Waals surface area (Å²) in [5, 5.41) is 22.7. The molecule has 0 saturated heterocycles. The third kappa shape index (κ3) is 2.88. The third-order valence-electron chi connectivity index (χ3n) is 4.85. The lowest BCUT2D eigenvalue weighted by molar-refractivity contribution is 0.567. The number of hydrogen-bond donors (Lipinski definition) is 2. The summed E-state index contributed by atoms with van der Waals surface area (Å²) in [6.45, 7) is 2.01. The number of fused-ring (bicyclic) bond motifs is 2. The van der Waals surface area contributed by atoms with E-state index in [4.69, 9.17) is 23.2 Å². The number of aryl methyl sites for hydroxylation is 1. The second kappa shape index (κ2) is 6.68. The average Bonchev–Trinajstić information content (AvgIpc) is 3.17. The molecular formula is C19H13Cl2N7O. The van der Waals surface area contributed by atoms with Crippen molar-refractivity contribution in [2.24, 2.45) is 0 Å². The van der Waals surface area contributed by atoms with Crippen LogP contribution in [-0.2, 0) is 0 Å². The van der Waals surface area contributed by atoms with Crippen molar-refractivity contribution in [3.8, 4) is 11.3 Å². The summed E-state index contributed by atoms with van der Waals surface area (Å²) in [4.78, 5) is 12.6. The SMILES string of the molecule is Cc1ccc([C@H]2c3c(-c4ccc(Cl)cc4Cl)n[nH]c(=O)c3Nc3nnnn32)cc1. The molecule has 10 heteroatoms. The van der Waals surface area contributed by atoms with Gasteiger partial charge in [0.1, 0.15) is 17.4 Å². The van der Waals surface area contributed by atoms with E-state index in [1.54, 1.807) is 22.9 Å². The first-order valence-corrected chi connectivity index (χ1v) is 9.48. The number of H-pyrrole nitrogens is 1. The van der Waals surface area contributed by atoms with Crippen molar-refractivity contribution in [2.75, 3.05) is 5.32 Å². The lowest BCUT2D eigenvalue weighted by Crippen LogP contribution is -2.29. The molecule has 4 aromatic rings. The molecule has 144 valence electrons. The maximum absolute atomic E-state index is 12.6. The number of anilines is 2.